The second-order valence-corrected chi connectivity index (χ2v) is 10.2. The molecule has 0 aromatic heterocycles. The van der Waals surface area contributed by atoms with Crippen LogP contribution < -0.4 is 0 Å². The quantitative estimate of drug-likeness (QED) is 0.754. The van der Waals surface area contributed by atoms with Crippen LogP contribution in [-0.4, -0.2) is 42.4 Å². The minimum absolute atomic E-state index is 0.182. The lowest BCUT2D eigenvalue weighted by Gasteiger charge is -2.51. The lowest BCUT2D eigenvalue weighted by Crippen LogP contribution is -2.49. The maximum Gasteiger partial charge on any atom is 0.219 e. The van der Waals surface area contributed by atoms with Gasteiger partial charge in [-0.1, -0.05) is 43.5 Å². The van der Waals surface area contributed by atoms with Crippen LogP contribution in [0.4, 0.5) is 0 Å². The van der Waals surface area contributed by atoms with Crippen molar-refractivity contribution in [3.63, 3.8) is 0 Å². The zero-order valence-electron chi connectivity index (χ0n) is 17.7. The number of hydrogen-bond acceptors (Lipinski definition) is 2. The van der Waals surface area contributed by atoms with Crippen LogP contribution in [0.5, 0.6) is 0 Å². The van der Waals surface area contributed by atoms with E-state index >= 15 is 0 Å². The Kier molecular flexibility index (Phi) is 4.77. The van der Waals surface area contributed by atoms with Gasteiger partial charge in [0.25, 0.3) is 0 Å². The van der Waals surface area contributed by atoms with Crippen molar-refractivity contribution in [2.75, 3.05) is 26.7 Å². The predicted octanol–water partition coefficient (Wildman–Crippen LogP) is 4.77. The first-order valence-corrected chi connectivity index (χ1v) is 11.6. The van der Waals surface area contributed by atoms with Crippen LogP contribution in [0.25, 0.3) is 0 Å². The van der Waals surface area contributed by atoms with Crippen molar-refractivity contribution < 1.29 is 4.79 Å². The van der Waals surface area contributed by atoms with Crippen LogP contribution in [0.15, 0.2) is 24.3 Å². The average molecular weight is 381 g/mol. The number of benzene rings is 1. The lowest BCUT2D eigenvalue weighted by molar-refractivity contribution is -0.130. The Balaban J connectivity index is 1.26. The SMILES string of the molecule is CC(=O)N(C)[C@H]1CC2(CCN(C[C@H]3CC4CCCC[C@@H]43)CC2)c2ccccc21. The number of carbonyl (C=O) groups is 1. The van der Waals surface area contributed by atoms with Gasteiger partial charge < -0.3 is 9.80 Å². The number of hydrogen-bond donors (Lipinski definition) is 0. The minimum atomic E-state index is 0.182. The summed E-state index contributed by atoms with van der Waals surface area (Å²) in [5, 5.41) is 0. The highest BCUT2D eigenvalue weighted by atomic mass is 16.2. The smallest absolute Gasteiger partial charge is 0.219 e. The molecular weight excluding hydrogens is 344 g/mol. The zero-order valence-corrected chi connectivity index (χ0v) is 17.7. The van der Waals surface area contributed by atoms with E-state index < -0.39 is 0 Å². The molecule has 3 aliphatic carbocycles. The van der Waals surface area contributed by atoms with Crippen molar-refractivity contribution in [2.45, 2.75) is 69.7 Å². The van der Waals surface area contributed by atoms with Gasteiger partial charge in [-0.15, -0.1) is 0 Å². The molecule has 1 amide bonds. The highest BCUT2D eigenvalue weighted by Crippen LogP contribution is 2.53. The highest BCUT2D eigenvalue weighted by molar-refractivity contribution is 5.74. The fourth-order valence-corrected chi connectivity index (χ4v) is 7.12. The number of piperidine rings is 1. The van der Waals surface area contributed by atoms with E-state index in [-0.39, 0.29) is 17.4 Å². The molecule has 1 saturated heterocycles. The standard InChI is InChI=1S/C25H36N2O/c1-18(28)26(2)24-16-25(23-10-6-5-9-22(23)24)11-13-27(14-12-25)17-20-15-19-7-3-4-8-21(19)20/h5-6,9-10,19-21,24H,3-4,7-8,11-17H2,1-2H3/t19?,20-,21+,24+/m1/s1. The summed E-state index contributed by atoms with van der Waals surface area (Å²) in [6.45, 7) is 5.51. The van der Waals surface area contributed by atoms with Gasteiger partial charge in [0.15, 0.2) is 0 Å². The molecule has 4 aliphatic rings. The van der Waals surface area contributed by atoms with Crippen LogP contribution >= 0.6 is 0 Å². The Labute approximate surface area is 170 Å². The molecule has 1 aliphatic heterocycles. The van der Waals surface area contributed by atoms with Gasteiger partial charge in [-0.25, -0.2) is 0 Å². The summed E-state index contributed by atoms with van der Waals surface area (Å²) in [4.78, 5) is 16.8. The van der Waals surface area contributed by atoms with Gasteiger partial charge in [0.1, 0.15) is 0 Å². The summed E-state index contributed by atoms with van der Waals surface area (Å²) < 4.78 is 0. The Morgan fingerprint density at radius 2 is 1.93 bits per heavy atom. The fraction of sp³-hybridized carbons (Fsp3) is 0.720. The summed E-state index contributed by atoms with van der Waals surface area (Å²) in [7, 11) is 1.98. The molecule has 3 heteroatoms. The molecule has 1 aromatic rings. The van der Waals surface area contributed by atoms with Crippen molar-refractivity contribution in [2.24, 2.45) is 17.8 Å². The molecule has 152 valence electrons. The second kappa shape index (κ2) is 7.16. The van der Waals surface area contributed by atoms with E-state index in [1.165, 1.54) is 75.7 Å². The van der Waals surface area contributed by atoms with Crippen molar-refractivity contribution in [3.05, 3.63) is 35.4 Å². The third kappa shape index (κ3) is 3.01. The number of rotatable bonds is 3. The molecule has 3 fully saturated rings. The van der Waals surface area contributed by atoms with Gasteiger partial charge >= 0.3 is 0 Å². The molecule has 3 nitrogen and oxygen atoms in total. The molecule has 1 heterocycles. The van der Waals surface area contributed by atoms with E-state index in [4.69, 9.17) is 0 Å². The lowest BCUT2D eigenvalue weighted by atomic mass is 9.58. The van der Waals surface area contributed by atoms with Gasteiger partial charge in [0, 0.05) is 25.9 Å². The molecule has 1 aromatic carbocycles. The van der Waals surface area contributed by atoms with E-state index in [1.807, 2.05) is 11.9 Å². The predicted molar refractivity (Wildman–Crippen MR) is 113 cm³/mol. The van der Waals surface area contributed by atoms with Gasteiger partial charge in [-0.05, 0) is 74.1 Å². The van der Waals surface area contributed by atoms with Crippen LogP contribution in [-0.2, 0) is 10.2 Å². The Morgan fingerprint density at radius 1 is 1.18 bits per heavy atom. The normalized spacial score (nSPS) is 33.8. The largest absolute Gasteiger partial charge is 0.339 e. The first-order valence-electron chi connectivity index (χ1n) is 11.6. The number of amides is 1. The molecule has 0 bridgehead atoms. The molecule has 0 radical (unpaired) electrons. The van der Waals surface area contributed by atoms with E-state index in [0.29, 0.717) is 0 Å². The summed E-state index contributed by atoms with van der Waals surface area (Å²) in [6, 6.07) is 9.21. The van der Waals surface area contributed by atoms with Crippen LogP contribution in [0, 0.1) is 17.8 Å². The topological polar surface area (TPSA) is 23.6 Å². The van der Waals surface area contributed by atoms with E-state index in [1.54, 1.807) is 6.92 Å². The Hall–Kier alpha value is -1.35. The first-order chi connectivity index (χ1) is 13.6. The molecule has 1 spiro atoms. The van der Waals surface area contributed by atoms with E-state index in [0.717, 1.165) is 24.2 Å². The Morgan fingerprint density at radius 3 is 2.68 bits per heavy atom. The fourth-order valence-electron chi connectivity index (χ4n) is 7.12. The number of fused-ring (bicyclic) bond motifs is 3. The van der Waals surface area contributed by atoms with Gasteiger partial charge in [-0.2, -0.15) is 0 Å². The summed E-state index contributed by atoms with van der Waals surface area (Å²) in [5.41, 5.74) is 3.22. The van der Waals surface area contributed by atoms with Gasteiger partial charge in [-0.3, -0.25) is 4.79 Å². The molecule has 28 heavy (non-hydrogen) atoms. The van der Waals surface area contributed by atoms with Crippen LogP contribution in [0.3, 0.4) is 0 Å². The Bertz CT molecular complexity index is 736. The van der Waals surface area contributed by atoms with Crippen molar-refractivity contribution in [3.8, 4) is 0 Å². The molecule has 4 atom stereocenters. The maximum atomic E-state index is 12.1. The van der Waals surface area contributed by atoms with Crippen molar-refractivity contribution in [1.29, 1.82) is 0 Å². The molecule has 2 saturated carbocycles. The van der Waals surface area contributed by atoms with Crippen molar-refractivity contribution in [1.82, 2.24) is 9.80 Å². The highest BCUT2D eigenvalue weighted by Gasteiger charge is 2.48. The van der Waals surface area contributed by atoms with Gasteiger partial charge in [0.2, 0.25) is 5.91 Å². The third-order valence-corrected chi connectivity index (χ3v) is 8.92. The average Bonchev–Trinajstić information content (AvgIpc) is 3.01. The van der Waals surface area contributed by atoms with Crippen LogP contribution in [0.1, 0.15) is 75.5 Å². The van der Waals surface area contributed by atoms with Gasteiger partial charge in [0.05, 0.1) is 6.04 Å². The first kappa shape index (κ1) is 18.7. The zero-order chi connectivity index (χ0) is 19.3. The molecule has 1 unspecified atom stereocenters. The minimum Gasteiger partial charge on any atom is -0.339 e. The number of nitrogens with zero attached hydrogens (tertiary/aromatic N) is 2. The second-order valence-electron chi connectivity index (χ2n) is 10.2. The maximum absolute atomic E-state index is 12.1. The number of likely N-dealkylation sites (tertiary alicyclic amines) is 1. The molecular formula is C25H36N2O. The molecule has 5 rings (SSSR count). The number of carbonyl (C=O) groups excluding carboxylic acids is 1. The monoisotopic (exact) mass is 380 g/mol. The summed E-state index contributed by atoms with van der Waals surface area (Å²) in [6.07, 6.45) is 11.1. The third-order valence-electron chi connectivity index (χ3n) is 8.92. The molecule has 0 N–H and O–H groups in total. The van der Waals surface area contributed by atoms with Crippen molar-refractivity contribution >= 4 is 5.91 Å². The van der Waals surface area contributed by atoms with Crippen LogP contribution in [0.2, 0.25) is 0 Å². The van der Waals surface area contributed by atoms with E-state index in [2.05, 4.69) is 29.2 Å². The summed E-state index contributed by atoms with van der Waals surface area (Å²) >= 11 is 0. The van der Waals surface area contributed by atoms with E-state index in [9.17, 15) is 4.79 Å². The summed E-state index contributed by atoms with van der Waals surface area (Å²) in [5.74, 6) is 3.28.